The molecular formula is C15H24N2. The van der Waals surface area contributed by atoms with E-state index in [2.05, 4.69) is 56.5 Å². The Morgan fingerprint density at radius 2 is 2.00 bits per heavy atom. The van der Waals surface area contributed by atoms with Gasteiger partial charge in [-0.05, 0) is 29.5 Å². The highest BCUT2D eigenvalue weighted by Crippen LogP contribution is 2.26. The first-order valence-electron chi connectivity index (χ1n) is 6.52. The van der Waals surface area contributed by atoms with Crippen LogP contribution >= 0.6 is 0 Å². The van der Waals surface area contributed by atoms with Crippen molar-refractivity contribution in [3.05, 3.63) is 29.3 Å². The summed E-state index contributed by atoms with van der Waals surface area (Å²) in [6, 6.07) is 6.78. The lowest BCUT2D eigenvalue weighted by molar-refractivity contribution is 0.365. The third kappa shape index (κ3) is 3.01. The highest BCUT2D eigenvalue weighted by atomic mass is 15.0. The summed E-state index contributed by atoms with van der Waals surface area (Å²) in [6.07, 6.45) is 0. The van der Waals surface area contributed by atoms with E-state index in [1.165, 1.54) is 16.8 Å². The van der Waals surface area contributed by atoms with Crippen LogP contribution in [0.4, 0.5) is 5.69 Å². The normalized spacial score (nSPS) is 16.7. The first-order valence-corrected chi connectivity index (χ1v) is 6.52. The van der Waals surface area contributed by atoms with Crippen molar-refractivity contribution in [1.82, 2.24) is 5.32 Å². The molecule has 0 aliphatic carbocycles. The molecule has 1 fully saturated rings. The molecule has 2 rings (SSSR count). The third-order valence-corrected chi connectivity index (χ3v) is 3.54. The second-order valence-corrected chi connectivity index (χ2v) is 6.18. The summed E-state index contributed by atoms with van der Waals surface area (Å²) in [5, 5.41) is 6.85. The summed E-state index contributed by atoms with van der Waals surface area (Å²) in [7, 11) is 0. The molecule has 1 heterocycles. The van der Waals surface area contributed by atoms with Gasteiger partial charge in [0.25, 0.3) is 0 Å². The van der Waals surface area contributed by atoms with Crippen molar-refractivity contribution in [3.63, 3.8) is 0 Å². The lowest BCUT2D eigenvalue weighted by atomic mass is 9.86. The molecule has 0 saturated carbocycles. The quantitative estimate of drug-likeness (QED) is 0.837. The standard InChI is InChI=1S/C15H24N2/c1-11-7-13(15(2,3)4)5-6-14(11)17-10-12-8-16-9-12/h5-7,12,16-17H,8-10H2,1-4H3. The molecule has 17 heavy (non-hydrogen) atoms. The molecule has 1 aliphatic heterocycles. The van der Waals surface area contributed by atoms with Crippen LogP contribution in [-0.2, 0) is 5.41 Å². The topological polar surface area (TPSA) is 24.1 Å². The molecule has 1 aromatic rings. The number of benzene rings is 1. The average Bonchev–Trinajstić information content (AvgIpc) is 2.16. The number of aryl methyl sites for hydroxylation is 1. The SMILES string of the molecule is Cc1cc(C(C)(C)C)ccc1NCC1CNC1. The lowest BCUT2D eigenvalue weighted by Crippen LogP contribution is -2.45. The first-order chi connectivity index (χ1) is 7.97. The largest absolute Gasteiger partial charge is 0.384 e. The van der Waals surface area contributed by atoms with E-state index in [1.807, 2.05) is 0 Å². The van der Waals surface area contributed by atoms with Gasteiger partial charge in [0.2, 0.25) is 0 Å². The smallest absolute Gasteiger partial charge is 0.0370 e. The number of anilines is 1. The number of hydrogen-bond acceptors (Lipinski definition) is 2. The number of nitrogens with one attached hydrogen (secondary N) is 2. The molecule has 0 aromatic heterocycles. The predicted molar refractivity (Wildman–Crippen MR) is 74.7 cm³/mol. The Hall–Kier alpha value is -1.02. The highest BCUT2D eigenvalue weighted by Gasteiger charge is 2.17. The minimum Gasteiger partial charge on any atom is -0.384 e. The Bertz CT molecular complexity index is 386. The van der Waals surface area contributed by atoms with Crippen LogP contribution in [0.3, 0.4) is 0 Å². The van der Waals surface area contributed by atoms with Gasteiger partial charge in [0.1, 0.15) is 0 Å². The minimum atomic E-state index is 0.237. The Morgan fingerprint density at radius 1 is 1.29 bits per heavy atom. The molecular weight excluding hydrogens is 208 g/mol. The van der Waals surface area contributed by atoms with Crippen LogP contribution in [0.25, 0.3) is 0 Å². The van der Waals surface area contributed by atoms with Gasteiger partial charge >= 0.3 is 0 Å². The maximum atomic E-state index is 3.55. The zero-order valence-electron chi connectivity index (χ0n) is 11.4. The van der Waals surface area contributed by atoms with Crippen LogP contribution in [0.2, 0.25) is 0 Å². The van der Waals surface area contributed by atoms with Crippen molar-refractivity contribution >= 4 is 5.69 Å². The van der Waals surface area contributed by atoms with E-state index in [1.54, 1.807) is 0 Å². The molecule has 2 heteroatoms. The maximum Gasteiger partial charge on any atom is 0.0370 e. The highest BCUT2D eigenvalue weighted by molar-refractivity contribution is 5.53. The van der Waals surface area contributed by atoms with Crippen LogP contribution in [-0.4, -0.2) is 19.6 Å². The van der Waals surface area contributed by atoms with E-state index in [4.69, 9.17) is 0 Å². The summed E-state index contributed by atoms with van der Waals surface area (Å²) >= 11 is 0. The molecule has 0 atom stereocenters. The van der Waals surface area contributed by atoms with E-state index in [0.717, 1.165) is 25.6 Å². The third-order valence-electron chi connectivity index (χ3n) is 3.54. The Labute approximate surface area is 105 Å². The summed E-state index contributed by atoms with van der Waals surface area (Å²) in [5.74, 6) is 0.802. The van der Waals surface area contributed by atoms with Gasteiger partial charge in [-0.2, -0.15) is 0 Å². The van der Waals surface area contributed by atoms with Gasteiger partial charge in [-0.15, -0.1) is 0 Å². The summed E-state index contributed by atoms with van der Waals surface area (Å²) in [4.78, 5) is 0. The number of rotatable bonds is 3. The van der Waals surface area contributed by atoms with Crippen LogP contribution < -0.4 is 10.6 Å². The summed E-state index contributed by atoms with van der Waals surface area (Å²) < 4.78 is 0. The molecule has 2 nitrogen and oxygen atoms in total. The number of hydrogen-bond donors (Lipinski definition) is 2. The molecule has 1 saturated heterocycles. The minimum absolute atomic E-state index is 0.237. The van der Waals surface area contributed by atoms with Gasteiger partial charge in [-0.3, -0.25) is 0 Å². The fourth-order valence-electron chi connectivity index (χ4n) is 2.08. The van der Waals surface area contributed by atoms with Gasteiger partial charge in [-0.1, -0.05) is 32.9 Å². The average molecular weight is 232 g/mol. The summed E-state index contributed by atoms with van der Waals surface area (Å²) in [5.41, 5.74) is 4.28. The van der Waals surface area contributed by atoms with E-state index in [0.29, 0.717) is 0 Å². The van der Waals surface area contributed by atoms with Gasteiger partial charge in [0.05, 0.1) is 0 Å². The van der Waals surface area contributed by atoms with E-state index < -0.39 is 0 Å². The Balaban J connectivity index is 2.03. The van der Waals surface area contributed by atoms with Crippen LogP contribution in [0, 0.1) is 12.8 Å². The van der Waals surface area contributed by atoms with Gasteiger partial charge < -0.3 is 10.6 Å². The molecule has 1 aliphatic rings. The van der Waals surface area contributed by atoms with Crippen molar-refractivity contribution in [1.29, 1.82) is 0 Å². The zero-order valence-corrected chi connectivity index (χ0v) is 11.4. The van der Waals surface area contributed by atoms with E-state index in [-0.39, 0.29) is 5.41 Å². The molecule has 94 valence electrons. The van der Waals surface area contributed by atoms with E-state index >= 15 is 0 Å². The van der Waals surface area contributed by atoms with Crippen LogP contribution in [0.15, 0.2) is 18.2 Å². The van der Waals surface area contributed by atoms with Gasteiger partial charge in [0, 0.05) is 31.2 Å². The molecule has 0 amide bonds. The Kier molecular flexibility index (Phi) is 3.43. The fraction of sp³-hybridized carbons (Fsp3) is 0.600. The van der Waals surface area contributed by atoms with Crippen molar-refractivity contribution < 1.29 is 0 Å². The molecule has 0 spiro atoms. The van der Waals surface area contributed by atoms with Crippen molar-refractivity contribution in [2.24, 2.45) is 5.92 Å². The second kappa shape index (κ2) is 4.69. The maximum absolute atomic E-state index is 3.55. The van der Waals surface area contributed by atoms with Crippen molar-refractivity contribution in [3.8, 4) is 0 Å². The lowest BCUT2D eigenvalue weighted by Gasteiger charge is -2.28. The molecule has 2 N–H and O–H groups in total. The van der Waals surface area contributed by atoms with Gasteiger partial charge in [0.15, 0.2) is 0 Å². The molecule has 1 aromatic carbocycles. The van der Waals surface area contributed by atoms with Gasteiger partial charge in [-0.25, -0.2) is 0 Å². The molecule has 0 unspecified atom stereocenters. The van der Waals surface area contributed by atoms with Crippen molar-refractivity contribution in [2.75, 3.05) is 25.0 Å². The van der Waals surface area contributed by atoms with E-state index in [9.17, 15) is 0 Å². The Morgan fingerprint density at radius 3 is 2.47 bits per heavy atom. The molecule has 0 bridgehead atoms. The van der Waals surface area contributed by atoms with Crippen LogP contribution in [0.1, 0.15) is 31.9 Å². The summed E-state index contributed by atoms with van der Waals surface area (Å²) in [6.45, 7) is 12.4. The van der Waals surface area contributed by atoms with Crippen molar-refractivity contribution in [2.45, 2.75) is 33.1 Å². The second-order valence-electron chi connectivity index (χ2n) is 6.18. The van der Waals surface area contributed by atoms with Crippen LogP contribution in [0.5, 0.6) is 0 Å². The monoisotopic (exact) mass is 232 g/mol. The first kappa shape index (κ1) is 12.4. The molecule has 0 radical (unpaired) electrons. The zero-order chi connectivity index (χ0) is 12.5. The predicted octanol–water partition coefficient (Wildman–Crippen LogP) is 2.92. The fourth-order valence-corrected chi connectivity index (χ4v) is 2.08.